The Kier molecular flexibility index (Phi) is 38.4. The Bertz CT molecular complexity index is 563. The molecule has 1 amide bonds. The first-order chi connectivity index (χ1) is 22.6. The van der Waals surface area contributed by atoms with E-state index in [1.807, 2.05) is 0 Å². The number of nitrogens with zero attached hydrogens (tertiary/aromatic N) is 1. The molecule has 0 radical (unpaired) electrons. The van der Waals surface area contributed by atoms with Gasteiger partial charge in [0.15, 0.2) is 0 Å². The zero-order valence-electron chi connectivity index (χ0n) is 32.6. The Balaban J connectivity index is 4.18. The van der Waals surface area contributed by atoms with Gasteiger partial charge in [0.1, 0.15) is 0 Å². The smallest absolute Gasteiger partial charge is 0.216 e. The summed E-state index contributed by atoms with van der Waals surface area (Å²) in [5, 5.41) is 3.00. The summed E-state index contributed by atoms with van der Waals surface area (Å²) in [5.74, 6) is 1.10. The van der Waals surface area contributed by atoms with E-state index in [4.69, 9.17) is 0 Å². The van der Waals surface area contributed by atoms with Gasteiger partial charge in [-0.1, -0.05) is 213 Å². The van der Waals surface area contributed by atoms with Crippen LogP contribution < -0.4 is 5.32 Å². The second kappa shape index (κ2) is 38.9. The van der Waals surface area contributed by atoms with Crippen LogP contribution in [-0.4, -0.2) is 37.0 Å². The van der Waals surface area contributed by atoms with Gasteiger partial charge in [0.25, 0.3) is 0 Å². The highest BCUT2D eigenvalue weighted by atomic mass is 16.1. The van der Waals surface area contributed by atoms with Gasteiger partial charge in [-0.25, -0.2) is 0 Å². The topological polar surface area (TPSA) is 32.3 Å². The van der Waals surface area contributed by atoms with Crippen LogP contribution in [0.1, 0.15) is 240 Å². The number of hydrogen-bond donors (Lipinski definition) is 1. The molecular weight excluding hydrogens is 560 g/mol. The molecule has 0 saturated carbocycles. The Labute approximate surface area is 292 Å². The van der Waals surface area contributed by atoms with Gasteiger partial charge in [0.2, 0.25) is 5.91 Å². The maximum atomic E-state index is 11.3. The monoisotopic (exact) mass is 649 g/mol. The lowest BCUT2D eigenvalue weighted by Crippen LogP contribution is -2.30. The maximum Gasteiger partial charge on any atom is 0.216 e. The molecule has 0 saturated heterocycles. The van der Waals surface area contributed by atoms with Crippen LogP contribution in [0.3, 0.4) is 0 Å². The van der Waals surface area contributed by atoms with E-state index in [2.05, 4.69) is 31.0 Å². The molecule has 1 N–H and O–H groups in total. The van der Waals surface area contributed by atoms with E-state index in [0.717, 1.165) is 25.4 Å². The summed E-state index contributed by atoms with van der Waals surface area (Å²) < 4.78 is 0. The first kappa shape index (κ1) is 45.4. The van der Waals surface area contributed by atoms with Crippen LogP contribution in [0.4, 0.5) is 0 Å². The van der Waals surface area contributed by atoms with E-state index < -0.39 is 0 Å². The van der Waals surface area contributed by atoms with Gasteiger partial charge in [0, 0.05) is 13.5 Å². The quantitative estimate of drug-likeness (QED) is 0.0673. The minimum atomic E-state index is 0.105. The molecule has 3 heteroatoms. The molecule has 0 aromatic heterocycles. The van der Waals surface area contributed by atoms with Crippen molar-refractivity contribution in [3.63, 3.8) is 0 Å². The van der Waals surface area contributed by atoms with Crippen molar-refractivity contribution in [2.75, 3.05) is 26.2 Å². The Morgan fingerprint density at radius 1 is 0.413 bits per heavy atom. The third kappa shape index (κ3) is 36.3. The van der Waals surface area contributed by atoms with Crippen molar-refractivity contribution in [2.45, 2.75) is 240 Å². The lowest BCUT2D eigenvalue weighted by atomic mass is 9.89. The number of carbonyl (C=O) groups excluding carboxylic acids is 1. The normalized spacial score (nSPS) is 11.7. The van der Waals surface area contributed by atoms with Crippen molar-refractivity contribution in [1.82, 2.24) is 10.2 Å². The van der Waals surface area contributed by atoms with Crippen molar-refractivity contribution in [3.05, 3.63) is 0 Å². The Hall–Kier alpha value is -0.570. The Morgan fingerprint density at radius 2 is 0.696 bits per heavy atom. The summed E-state index contributed by atoms with van der Waals surface area (Å²) in [6, 6.07) is 0. The molecule has 0 aromatic rings. The molecule has 0 rings (SSSR count). The summed E-state index contributed by atoms with van der Waals surface area (Å²) in [6.07, 6.45) is 46.9. The molecule has 3 nitrogen and oxygen atoms in total. The van der Waals surface area contributed by atoms with Crippen LogP contribution in [0.25, 0.3) is 0 Å². The lowest BCUT2D eigenvalue weighted by Gasteiger charge is -2.22. The lowest BCUT2D eigenvalue weighted by molar-refractivity contribution is -0.118. The van der Waals surface area contributed by atoms with Crippen LogP contribution in [0.15, 0.2) is 0 Å². The highest BCUT2D eigenvalue weighted by Crippen LogP contribution is 2.25. The van der Waals surface area contributed by atoms with Crippen molar-refractivity contribution >= 4 is 5.91 Å². The predicted octanol–water partition coefficient (Wildman–Crippen LogP) is 14.0. The van der Waals surface area contributed by atoms with E-state index in [1.165, 1.54) is 219 Å². The average molecular weight is 649 g/mol. The fourth-order valence-electron chi connectivity index (χ4n) is 7.24. The minimum absolute atomic E-state index is 0.105. The number of carbonyl (C=O) groups is 1. The molecule has 46 heavy (non-hydrogen) atoms. The van der Waals surface area contributed by atoms with Crippen LogP contribution in [0.2, 0.25) is 0 Å². The standard InChI is InChI=1S/C43H88N2O/c1-5-8-11-14-17-18-19-20-21-22-27-32-39-45(41-34-38-44-42(4)46)40-33-28-23-26-31-37-43(35-29-24-15-12-9-6-2)36-30-25-16-13-10-7-3/h43H,5-41H2,1-4H3,(H,44,46). The first-order valence-electron chi connectivity index (χ1n) is 21.6. The summed E-state index contributed by atoms with van der Waals surface area (Å²) in [5.41, 5.74) is 0. The molecule has 0 atom stereocenters. The summed E-state index contributed by atoms with van der Waals surface area (Å²) in [7, 11) is 0. The molecule has 0 aliphatic rings. The highest BCUT2D eigenvalue weighted by molar-refractivity contribution is 5.72. The fraction of sp³-hybridized carbons (Fsp3) is 0.977. The van der Waals surface area contributed by atoms with Gasteiger partial charge in [-0.15, -0.1) is 0 Å². The molecule has 276 valence electrons. The number of unbranched alkanes of at least 4 members (excludes halogenated alkanes) is 25. The van der Waals surface area contributed by atoms with Gasteiger partial charge in [-0.2, -0.15) is 0 Å². The first-order valence-corrected chi connectivity index (χ1v) is 21.6. The van der Waals surface area contributed by atoms with Crippen LogP contribution in [0.5, 0.6) is 0 Å². The van der Waals surface area contributed by atoms with Crippen molar-refractivity contribution in [3.8, 4) is 0 Å². The molecule has 0 aliphatic heterocycles. The van der Waals surface area contributed by atoms with E-state index in [9.17, 15) is 4.79 Å². The van der Waals surface area contributed by atoms with Gasteiger partial charge < -0.3 is 10.2 Å². The van der Waals surface area contributed by atoms with Crippen LogP contribution >= 0.6 is 0 Å². The third-order valence-electron chi connectivity index (χ3n) is 10.4. The number of hydrogen-bond acceptors (Lipinski definition) is 2. The van der Waals surface area contributed by atoms with Gasteiger partial charge in [0.05, 0.1) is 0 Å². The summed E-state index contributed by atoms with van der Waals surface area (Å²) in [6.45, 7) is 13.0. The van der Waals surface area contributed by atoms with E-state index in [0.29, 0.717) is 0 Å². The van der Waals surface area contributed by atoms with Gasteiger partial charge in [-0.3, -0.25) is 4.79 Å². The SMILES string of the molecule is CCCCCCCCCCCCCCN(CCCCCCCC(CCCCCCCC)CCCCCCCC)CCCNC(C)=O. The van der Waals surface area contributed by atoms with Crippen molar-refractivity contribution < 1.29 is 4.79 Å². The second-order valence-electron chi connectivity index (χ2n) is 15.1. The molecule has 0 heterocycles. The molecule has 0 aromatic carbocycles. The summed E-state index contributed by atoms with van der Waals surface area (Å²) >= 11 is 0. The zero-order chi connectivity index (χ0) is 33.6. The third-order valence-corrected chi connectivity index (χ3v) is 10.4. The predicted molar refractivity (Wildman–Crippen MR) is 208 cm³/mol. The van der Waals surface area contributed by atoms with Gasteiger partial charge >= 0.3 is 0 Å². The van der Waals surface area contributed by atoms with Crippen LogP contribution in [-0.2, 0) is 4.79 Å². The number of amides is 1. The van der Waals surface area contributed by atoms with Crippen LogP contribution in [0, 0.1) is 5.92 Å². The van der Waals surface area contributed by atoms with E-state index in [-0.39, 0.29) is 5.91 Å². The highest BCUT2D eigenvalue weighted by Gasteiger charge is 2.09. The van der Waals surface area contributed by atoms with Crippen molar-refractivity contribution in [2.24, 2.45) is 5.92 Å². The molecule has 0 fully saturated rings. The molecule has 0 spiro atoms. The fourth-order valence-corrected chi connectivity index (χ4v) is 7.24. The summed E-state index contributed by atoms with van der Waals surface area (Å²) in [4.78, 5) is 14.0. The number of rotatable bonds is 39. The minimum Gasteiger partial charge on any atom is -0.356 e. The average Bonchev–Trinajstić information content (AvgIpc) is 3.05. The zero-order valence-corrected chi connectivity index (χ0v) is 32.6. The van der Waals surface area contributed by atoms with E-state index in [1.54, 1.807) is 6.92 Å². The number of nitrogens with one attached hydrogen (secondary N) is 1. The van der Waals surface area contributed by atoms with Gasteiger partial charge in [-0.05, 0) is 44.8 Å². The molecule has 0 unspecified atom stereocenters. The van der Waals surface area contributed by atoms with E-state index >= 15 is 0 Å². The molecule has 0 aliphatic carbocycles. The molecule has 0 bridgehead atoms. The van der Waals surface area contributed by atoms with Crippen molar-refractivity contribution in [1.29, 1.82) is 0 Å². The Morgan fingerprint density at radius 3 is 1.02 bits per heavy atom. The maximum absolute atomic E-state index is 11.3. The molecular formula is C43H88N2O. The largest absolute Gasteiger partial charge is 0.356 e. The second-order valence-corrected chi connectivity index (χ2v) is 15.1.